The molecule has 0 aliphatic heterocycles. The summed E-state index contributed by atoms with van der Waals surface area (Å²) in [5.74, 6) is 0.461. The molecule has 24 heavy (non-hydrogen) atoms. The minimum Gasteiger partial charge on any atom is -0.341 e. The highest BCUT2D eigenvalue weighted by Crippen LogP contribution is 2.17. The molecule has 0 fully saturated rings. The van der Waals surface area contributed by atoms with Crippen LogP contribution in [0.25, 0.3) is 5.69 Å². The third-order valence-electron chi connectivity index (χ3n) is 3.33. The number of anilines is 2. The van der Waals surface area contributed by atoms with Gasteiger partial charge in [-0.25, -0.2) is 4.68 Å². The summed E-state index contributed by atoms with van der Waals surface area (Å²) in [6.45, 7) is 0. The number of non-ortho nitro benzene ring substituents is 1. The summed E-state index contributed by atoms with van der Waals surface area (Å²) in [6.07, 6.45) is 0. The first kappa shape index (κ1) is 15.1. The van der Waals surface area contributed by atoms with Gasteiger partial charge in [-0.1, -0.05) is 0 Å². The second kappa shape index (κ2) is 6.10. The fourth-order valence-electron chi connectivity index (χ4n) is 2.16. The molecule has 3 rings (SSSR count). The van der Waals surface area contributed by atoms with Crippen molar-refractivity contribution in [2.45, 2.75) is 0 Å². The van der Waals surface area contributed by atoms with E-state index in [1.807, 2.05) is 6.07 Å². The zero-order valence-electron chi connectivity index (χ0n) is 12.3. The van der Waals surface area contributed by atoms with Crippen LogP contribution < -0.4 is 10.9 Å². The van der Waals surface area contributed by atoms with E-state index in [2.05, 4.69) is 10.4 Å². The number of aromatic nitrogens is 2. The van der Waals surface area contributed by atoms with Gasteiger partial charge in [0.25, 0.3) is 11.2 Å². The molecule has 0 unspecified atom stereocenters. The number of hydrogen-bond acceptors (Lipinski definition) is 5. The number of H-pyrrole nitrogens is 1. The molecule has 0 radical (unpaired) electrons. The lowest BCUT2D eigenvalue weighted by Crippen LogP contribution is -2.13. The van der Waals surface area contributed by atoms with Crippen LogP contribution in [0.2, 0.25) is 0 Å². The number of hydrogen-bond donors (Lipinski definition) is 2. The summed E-state index contributed by atoms with van der Waals surface area (Å²) in [5, 5.41) is 25.3. The Balaban J connectivity index is 1.85. The molecule has 1 aromatic heterocycles. The van der Waals surface area contributed by atoms with Crippen molar-refractivity contribution in [3.8, 4) is 11.8 Å². The molecule has 0 spiro atoms. The van der Waals surface area contributed by atoms with Gasteiger partial charge in [0.05, 0.1) is 22.2 Å². The molecule has 0 bridgehead atoms. The molecule has 0 amide bonds. The van der Waals surface area contributed by atoms with Crippen molar-refractivity contribution < 1.29 is 4.92 Å². The van der Waals surface area contributed by atoms with E-state index in [4.69, 9.17) is 5.26 Å². The SMILES string of the molecule is N#Cc1ccc(Nc2cc(=O)n(-c3ccc([N+](=O)[O-])cc3)[nH]2)cc1. The van der Waals surface area contributed by atoms with Crippen molar-refractivity contribution in [3.05, 3.63) is 80.6 Å². The standard InChI is InChI=1S/C16H11N5O3/c17-10-11-1-3-12(4-2-11)18-15-9-16(22)20(19-15)13-5-7-14(8-6-13)21(23)24/h1-9,18-19H. The first-order chi connectivity index (χ1) is 11.6. The lowest BCUT2D eigenvalue weighted by atomic mass is 10.2. The van der Waals surface area contributed by atoms with Crippen LogP contribution in [0.1, 0.15) is 5.56 Å². The van der Waals surface area contributed by atoms with E-state index in [9.17, 15) is 14.9 Å². The second-order valence-corrected chi connectivity index (χ2v) is 4.93. The molecule has 0 saturated carbocycles. The molecule has 8 heteroatoms. The molecule has 3 aromatic rings. The number of nitriles is 1. The van der Waals surface area contributed by atoms with Crippen molar-refractivity contribution >= 4 is 17.2 Å². The molecule has 0 aliphatic carbocycles. The highest BCUT2D eigenvalue weighted by Gasteiger charge is 2.08. The van der Waals surface area contributed by atoms with Gasteiger partial charge < -0.3 is 5.32 Å². The predicted molar refractivity (Wildman–Crippen MR) is 87.5 cm³/mol. The Kier molecular flexibility index (Phi) is 3.82. The van der Waals surface area contributed by atoms with Gasteiger partial charge >= 0.3 is 0 Å². The molecular formula is C16H11N5O3. The molecule has 1 heterocycles. The quantitative estimate of drug-likeness (QED) is 0.566. The van der Waals surface area contributed by atoms with Crippen molar-refractivity contribution in [3.63, 3.8) is 0 Å². The molecule has 0 atom stereocenters. The van der Waals surface area contributed by atoms with Crippen molar-refractivity contribution in [1.82, 2.24) is 9.78 Å². The Bertz CT molecular complexity index is 978. The van der Waals surface area contributed by atoms with Gasteiger partial charge in [-0.05, 0) is 36.4 Å². The minimum absolute atomic E-state index is 0.0470. The predicted octanol–water partition coefficient (Wildman–Crippen LogP) is 2.69. The highest BCUT2D eigenvalue weighted by atomic mass is 16.6. The lowest BCUT2D eigenvalue weighted by Gasteiger charge is -2.04. The van der Waals surface area contributed by atoms with Gasteiger partial charge in [-0.15, -0.1) is 0 Å². The third-order valence-corrected chi connectivity index (χ3v) is 3.33. The summed E-state index contributed by atoms with van der Waals surface area (Å²) >= 11 is 0. The number of aromatic amines is 1. The van der Waals surface area contributed by atoms with Crippen LogP contribution in [0, 0.1) is 21.4 Å². The van der Waals surface area contributed by atoms with Gasteiger partial charge in [0, 0.05) is 23.9 Å². The average molecular weight is 321 g/mol. The number of nitrogens with zero attached hydrogens (tertiary/aromatic N) is 3. The van der Waals surface area contributed by atoms with Crippen molar-refractivity contribution in [1.29, 1.82) is 5.26 Å². The molecule has 2 aromatic carbocycles. The fraction of sp³-hybridized carbons (Fsp3) is 0. The first-order valence-corrected chi connectivity index (χ1v) is 6.91. The maximum Gasteiger partial charge on any atom is 0.273 e. The first-order valence-electron chi connectivity index (χ1n) is 6.91. The monoisotopic (exact) mass is 321 g/mol. The average Bonchev–Trinajstić information content (AvgIpc) is 2.96. The van der Waals surface area contributed by atoms with E-state index < -0.39 is 4.92 Å². The van der Waals surface area contributed by atoms with E-state index in [1.165, 1.54) is 35.0 Å². The van der Waals surface area contributed by atoms with Gasteiger partial charge in [0.2, 0.25) is 0 Å². The summed E-state index contributed by atoms with van der Waals surface area (Å²) in [4.78, 5) is 22.2. The topological polar surface area (TPSA) is 117 Å². The Labute approximate surface area is 135 Å². The summed E-state index contributed by atoms with van der Waals surface area (Å²) in [6, 6.07) is 15.8. The second-order valence-electron chi connectivity index (χ2n) is 4.93. The zero-order chi connectivity index (χ0) is 17.1. The largest absolute Gasteiger partial charge is 0.341 e. The van der Waals surface area contributed by atoms with Crippen molar-refractivity contribution in [2.24, 2.45) is 0 Å². The number of nitro groups is 1. The Morgan fingerprint density at radius 3 is 2.38 bits per heavy atom. The number of nitrogens with one attached hydrogen (secondary N) is 2. The van der Waals surface area contributed by atoms with Crippen LogP contribution in [-0.4, -0.2) is 14.7 Å². The van der Waals surface area contributed by atoms with E-state index in [0.717, 1.165) is 0 Å². The molecule has 2 N–H and O–H groups in total. The maximum atomic E-state index is 12.1. The van der Waals surface area contributed by atoms with Gasteiger partial charge in [0.15, 0.2) is 0 Å². The molecule has 0 saturated heterocycles. The Hall–Kier alpha value is -3.86. The fourth-order valence-corrected chi connectivity index (χ4v) is 2.16. The van der Waals surface area contributed by atoms with Gasteiger partial charge in [-0.3, -0.25) is 20.0 Å². The van der Waals surface area contributed by atoms with Gasteiger partial charge in [-0.2, -0.15) is 5.26 Å². The lowest BCUT2D eigenvalue weighted by molar-refractivity contribution is -0.384. The van der Waals surface area contributed by atoms with Crippen LogP contribution in [0.5, 0.6) is 0 Å². The highest BCUT2D eigenvalue weighted by molar-refractivity contribution is 5.57. The zero-order valence-corrected chi connectivity index (χ0v) is 12.3. The van der Waals surface area contributed by atoms with Gasteiger partial charge in [0.1, 0.15) is 5.82 Å². The van der Waals surface area contributed by atoms with Crippen LogP contribution in [-0.2, 0) is 0 Å². The third kappa shape index (κ3) is 3.00. The smallest absolute Gasteiger partial charge is 0.273 e. The minimum atomic E-state index is -0.501. The molecule has 8 nitrogen and oxygen atoms in total. The van der Waals surface area contributed by atoms with Crippen LogP contribution in [0.3, 0.4) is 0 Å². The van der Waals surface area contributed by atoms with E-state index >= 15 is 0 Å². The summed E-state index contributed by atoms with van der Waals surface area (Å²) in [7, 11) is 0. The number of rotatable bonds is 4. The summed E-state index contributed by atoms with van der Waals surface area (Å²) < 4.78 is 1.27. The van der Waals surface area contributed by atoms with E-state index in [1.54, 1.807) is 24.3 Å². The maximum absolute atomic E-state index is 12.1. The van der Waals surface area contributed by atoms with Crippen LogP contribution in [0.4, 0.5) is 17.2 Å². The van der Waals surface area contributed by atoms with Crippen molar-refractivity contribution in [2.75, 3.05) is 5.32 Å². The Morgan fingerprint density at radius 1 is 1.12 bits per heavy atom. The summed E-state index contributed by atoms with van der Waals surface area (Å²) in [5.41, 5.74) is 1.39. The Morgan fingerprint density at radius 2 is 1.79 bits per heavy atom. The number of benzene rings is 2. The number of nitro benzene ring substituents is 1. The van der Waals surface area contributed by atoms with E-state index in [0.29, 0.717) is 22.8 Å². The molecule has 0 aliphatic rings. The molecule has 118 valence electrons. The normalized spacial score (nSPS) is 10.1. The van der Waals surface area contributed by atoms with E-state index in [-0.39, 0.29) is 11.2 Å². The van der Waals surface area contributed by atoms with Crippen LogP contribution >= 0.6 is 0 Å². The molecular weight excluding hydrogens is 310 g/mol. The van der Waals surface area contributed by atoms with Crippen LogP contribution in [0.15, 0.2) is 59.4 Å².